The minimum absolute atomic E-state index is 0.0541. The van der Waals surface area contributed by atoms with E-state index in [1.54, 1.807) is 0 Å². The Hall–Kier alpha value is -0.690. The lowest BCUT2D eigenvalue weighted by atomic mass is 9.42. The molecule has 0 aromatic heterocycles. The van der Waals surface area contributed by atoms with Gasteiger partial charge < -0.3 is 25.5 Å². The maximum absolute atomic E-state index is 11.5. The molecule has 0 amide bonds. The van der Waals surface area contributed by atoms with Crippen molar-refractivity contribution in [2.24, 2.45) is 46.3 Å². The first-order valence-corrected chi connectivity index (χ1v) is 12.0. The molecule has 0 radical (unpaired) electrons. The molecule has 0 bridgehead atoms. The van der Waals surface area contributed by atoms with Gasteiger partial charge in [0.05, 0.1) is 24.4 Å². The number of rotatable bonds is 4. The number of hydrogen-bond donors (Lipinski definition) is 5. The molecule has 4 saturated carbocycles. The van der Waals surface area contributed by atoms with E-state index in [1.165, 1.54) is 0 Å². The first-order chi connectivity index (χ1) is 14.0. The Morgan fingerprint density at radius 1 is 0.967 bits per heavy atom. The summed E-state index contributed by atoms with van der Waals surface area (Å²) >= 11 is 0. The van der Waals surface area contributed by atoms with Crippen LogP contribution in [0, 0.1) is 46.3 Å². The lowest BCUT2D eigenvalue weighted by Gasteiger charge is -2.64. The van der Waals surface area contributed by atoms with E-state index >= 15 is 0 Å². The van der Waals surface area contributed by atoms with E-state index in [2.05, 4.69) is 20.8 Å². The Balaban J connectivity index is 1.64. The molecule has 172 valence electrons. The number of aliphatic carboxylic acids is 1. The largest absolute Gasteiger partial charge is 0.481 e. The molecule has 0 aliphatic heterocycles. The van der Waals surface area contributed by atoms with E-state index in [4.69, 9.17) is 5.11 Å². The fourth-order valence-electron chi connectivity index (χ4n) is 8.72. The van der Waals surface area contributed by atoms with Gasteiger partial charge in [0.2, 0.25) is 0 Å². The van der Waals surface area contributed by atoms with Crippen LogP contribution in [0.25, 0.3) is 0 Å². The second-order valence-electron chi connectivity index (χ2n) is 11.5. The quantitative estimate of drug-likeness (QED) is 0.473. The molecule has 0 aromatic rings. The summed E-state index contributed by atoms with van der Waals surface area (Å²) in [5.74, 6) is -0.299. The van der Waals surface area contributed by atoms with Gasteiger partial charge >= 0.3 is 5.97 Å². The summed E-state index contributed by atoms with van der Waals surface area (Å²) in [5.41, 5.74) is -0.547. The molecule has 6 nitrogen and oxygen atoms in total. The Kier molecular flexibility index (Phi) is 5.79. The van der Waals surface area contributed by atoms with Crippen molar-refractivity contribution in [1.29, 1.82) is 0 Å². The fourth-order valence-corrected chi connectivity index (χ4v) is 8.72. The van der Waals surface area contributed by atoms with Gasteiger partial charge in [-0.3, -0.25) is 4.79 Å². The zero-order valence-electron chi connectivity index (χ0n) is 18.6. The molecule has 4 fully saturated rings. The van der Waals surface area contributed by atoms with Crippen LogP contribution in [-0.2, 0) is 4.79 Å². The summed E-state index contributed by atoms with van der Waals surface area (Å²) < 4.78 is 0. The smallest absolute Gasteiger partial charge is 0.303 e. The van der Waals surface area contributed by atoms with Gasteiger partial charge in [0.15, 0.2) is 0 Å². The molecule has 5 N–H and O–H groups in total. The van der Waals surface area contributed by atoms with Crippen molar-refractivity contribution < 1.29 is 30.3 Å². The third-order valence-electron chi connectivity index (χ3n) is 10.4. The van der Waals surface area contributed by atoms with E-state index in [9.17, 15) is 25.2 Å². The minimum atomic E-state index is -0.839. The second kappa shape index (κ2) is 7.72. The van der Waals surface area contributed by atoms with E-state index < -0.39 is 30.4 Å². The number of carboxylic acid groups (broad SMARTS) is 1. The zero-order valence-corrected chi connectivity index (χ0v) is 18.6. The molecule has 6 heteroatoms. The van der Waals surface area contributed by atoms with Crippen LogP contribution in [0.1, 0.15) is 72.1 Å². The van der Waals surface area contributed by atoms with E-state index in [0.29, 0.717) is 25.7 Å². The van der Waals surface area contributed by atoms with Gasteiger partial charge in [0.25, 0.3) is 0 Å². The Bertz CT molecular complexity index is 668. The SMILES string of the molecule is C[C@H](CCC(=O)O)[C@H]1CC[C@H]2[C@@H]3[C@H](O)[C@H](O)[C@@H]4C[C@H](O)CC[C@]4(C)[C@H]3C[C@@H](O)[C@]12C. The van der Waals surface area contributed by atoms with Crippen molar-refractivity contribution in [2.45, 2.75) is 96.6 Å². The highest BCUT2D eigenvalue weighted by Gasteiger charge is 2.67. The Morgan fingerprint density at radius 3 is 2.33 bits per heavy atom. The summed E-state index contributed by atoms with van der Waals surface area (Å²) in [5, 5.41) is 53.1. The molecular formula is C24H40O6. The third-order valence-corrected chi connectivity index (χ3v) is 10.4. The van der Waals surface area contributed by atoms with Crippen molar-refractivity contribution in [3.63, 3.8) is 0 Å². The van der Waals surface area contributed by atoms with Crippen LogP contribution in [0.15, 0.2) is 0 Å². The molecule has 4 aliphatic rings. The monoisotopic (exact) mass is 424 g/mol. The van der Waals surface area contributed by atoms with Crippen LogP contribution in [0.3, 0.4) is 0 Å². The first kappa shape index (κ1) is 22.5. The fraction of sp³-hybridized carbons (Fsp3) is 0.958. The maximum Gasteiger partial charge on any atom is 0.303 e. The minimum Gasteiger partial charge on any atom is -0.481 e. The maximum atomic E-state index is 11.5. The van der Waals surface area contributed by atoms with Crippen molar-refractivity contribution in [3.8, 4) is 0 Å². The number of aliphatic hydroxyl groups is 4. The van der Waals surface area contributed by atoms with Gasteiger partial charge in [-0.1, -0.05) is 20.8 Å². The van der Waals surface area contributed by atoms with Crippen molar-refractivity contribution in [2.75, 3.05) is 0 Å². The molecule has 30 heavy (non-hydrogen) atoms. The molecule has 12 atom stereocenters. The topological polar surface area (TPSA) is 118 Å². The molecule has 4 aliphatic carbocycles. The van der Waals surface area contributed by atoms with Gasteiger partial charge in [0.1, 0.15) is 0 Å². The van der Waals surface area contributed by atoms with Crippen molar-refractivity contribution >= 4 is 5.97 Å². The molecule has 0 aromatic carbocycles. The van der Waals surface area contributed by atoms with Gasteiger partial charge in [-0.05, 0) is 91.3 Å². The highest BCUT2D eigenvalue weighted by Crippen LogP contribution is 2.68. The van der Waals surface area contributed by atoms with Crippen LogP contribution >= 0.6 is 0 Å². The number of aliphatic hydroxyl groups excluding tert-OH is 4. The summed E-state index contributed by atoms with van der Waals surface area (Å²) in [6.07, 6.45) is 2.67. The van der Waals surface area contributed by atoms with Gasteiger partial charge in [0, 0.05) is 6.42 Å². The number of fused-ring (bicyclic) bond motifs is 5. The Morgan fingerprint density at radius 2 is 1.67 bits per heavy atom. The van der Waals surface area contributed by atoms with Gasteiger partial charge in [-0.15, -0.1) is 0 Å². The molecule has 0 spiro atoms. The van der Waals surface area contributed by atoms with Crippen LogP contribution in [-0.4, -0.2) is 55.9 Å². The molecule has 4 rings (SSSR count). The van der Waals surface area contributed by atoms with Crippen molar-refractivity contribution in [3.05, 3.63) is 0 Å². The summed E-state index contributed by atoms with van der Waals surface area (Å²) in [6.45, 7) is 6.45. The average Bonchev–Trinajstić information content (AvgIpc) is 3.05. The predicted molar refractivity (Wildman–Crippen MR) is 111 cm³/mol. The van der Waals surface area contributed by atoms with Crippen LogP contribution in [0.2, 0.25) is 0 Å². The summed E-state index contributed by atoms with van der Waals surface area (Å²) in [6, 6.07) is 0. The standard InChI is InChI=1S/C24H40O6/c1-12(4-7-19(27)28)14-5-6-15-20-16(11-18(26)24(14,15)3)23(2)9-8-13(25)10-17(23)21(29)22(20)30/h12-18,20-22,25-26,29-30H,4-11H2,1-3H3,(H,27,28)/t12-,13-,14-,15+,16+,17+,18-,20+,21-,22+,23-,24-/m1/s1. The number of hydrogen-bond acceptors (Lipinski definition) is 5. The lowest BCUT2D eigenvalue weighted by Crippen LogP contribution is -2.66. The first-order valence-electron chi connectivity index (χ1n) is 12.0. The average molecular weight is 425 g/mol. The van der Waals surface area contributed by atoms with E-state index in [0.717, 1.165) is 19.3 Å². The number of carbonyl (C=O) groups is 1. The molecule has 0 unspecified atom stereocenters. The highest BCUT2D eigenvalue weighted by atomic mass is 16.4. The zero-order chi connectivity index (χ0) is 22.0. The normalized spacial score (nSPS) is 54.0. The highest BCUT2D eigenvalue weighted by molar-refractivity contribution is 5.66. The van der Waals surface area contributed by atoms with Gasteiger partial charge in [-0.2, -0.15) is 0 Å². The number of carboxylic acids is 1. The van der Waals surface area contributed by atoms with Gasteiger partial charge in [-0.25, -0.2) is 0 Å². The predicted octanol–water partition coefficient (Wildman–Crippen LogP) is 2.42. The third kappa shape index (κ3) is 3.16. The van der Waals surface area contributed by atoms with E-state index in [1.807, 2.05) is 0 Å². The summed E-state index contributed by atoms with van der Waals surface area (Å²) in [7, 11) is 0. The lowest BCUT2D eigenvalue weighted by molar-refractivity contribution is -0.243. The van der Waals surface area contributed by atoms with Crippen LogP contribution < -0.4 is 0 Å². The molecule has 0 heterocycles. The Labute approximate surface area is 179 Å². The molecule has 0 saturated heterocycles. The molecular weight excluding hydrogens is 384 g/mol. The van der Waals surface area contributed by atoms with Crippen LogP contribution in [0.4, 0.5) is 0 Å². The summed E-state index contributed by atoms with van der Waals surface area (Å²) in [4.78, 5) is 11.1. The van der Waals surface area contributed by atoms with E-state index in [-0.39, 0.29) is 52.8 Å². The van der Waals surface area contributed by atoms with Crippen LogP contribution in [0.5, 0.6) is 0 Å². The second-order valence-corrected chi connectivity index (χ2v) is 11.5. The van der Waals surface area contributed by atoms with Crippen molar-refractivity contribution in [1.82, 2.24) is 0 Å².